The van der Waals surface area contributed by atoms with Crippen LogP contribution in [-0.2, 0) is 32.0 Å². The summed E-state index contributed by atoms with van der Waals surface area (Å²) in [4.78, 5) is 14.4. The molecular weight excluding hydrogens is 330 g/mol. The van der Waals surface area contributed by atoms with E-state index in [1.165, 1.54) is 18.2 Å². The van der Waals surface area contributed by atoms with E-state index in [1.54, 1.807) is 0 Å². The molecule has 4 rings (SSSR count). The van der Waals surface area contributed by atoms with Crippen LogP contribution in [0.5, 0.6) is 0 Å². The first-order valence-electron chi connectivity index (χ1n) is 8.95. The molecule has 2 aliphatic heterocycles. The van der Waals surface area contributed by atoms with E-state index in [9.17, 15) is 4.79 Å². The summed E-state index contributed by atoms with van der Waals surface area (Å²) >= 11 is 0. The van der Waals surface area contributed by atoms with Crippen molar-refractivity contribution in [3.63, 3.8) is 0 Å². The lowest BCUT2D eigenvalue weighted by Crippen LogP contribution is -2.52. The molecule has 4 atom stereocenters. The third-order valence-corrected chi connectivity index (χ3v) is 5.07. The van der Waals surface area contributed by atoms with Gasteiger partial charge in [-0.3, -0.25) is 4.90 Å². The topological polar surface area (TPSA) is 48.0 Å². The van der Waals surface area contributed by atoms with Gasteiger partial charge in [0.2, 0.25) is 0 Å². The molecule has 2 aromatic rings. The van der Waals surface area contributed by atoms with E-state index in [-0.39, 0.29) is 18.1 Å². The van der Waals surface area contributed by atoms with Crippen LogP contribution in [0, 0.1) is 0 Å². The van der Waals surface area contributed by atoms with Crippen LogP contribution < -0.4 is 0 Å². The van der Waals surface area contributed by atoms with Crippen LogP contribution in [0.3, 0.4) is 0 Å². The normalized spacial score (nSPS) is 28.0. The van der Waals surface area contributed by atoms with Crippen molar-refractivity contribution in [2.75, 3.05) is 13.7 Å². The van der Waals surface area contributed by atoms with Crippen molar-refractivity contribution in [2.24, 2.45) is 0 Å². The second-order valence-corrected chi connectivity index (χ2v) is 6.79. The molecular formula is C21H23NO4. The maximum absolute atomic E-state index is 12.0. The lowest BCUT2D eigenvalue weighted by atomic mass is 10.0. The first-order chi connectivity index (χ1) is 12.7. The molecule has 0 radical (unpaired) electrons. The smallest absolute Gasteiger partial charge is 0.337 e. The Labute approximate surface area is 153 Å². The summed E-state index contributed by atoms with van der Waals surface area (Å²) in [6, 6.07) is 20.7. The minimum Gasteiger partial charge on any atom is -0.467 e. The lowest BCUT2D eigenvalue weighted by Gasteiger charge is -2.39. The van der Waals surface area contributed by atoms with Crippen molar-refractivity contribution in [3.8, 4) is 0 Å². The van der Waals surface area contributed by atoms with E-state index in [4.69, 9.17) is 14.2 Å². The van der Waals surface area contributed by atoms with Gasteiger partial charge in [0.15, 0.2) is 12.4 Å². The Morgan fingerprint density at radius 2 is 1.69 bits per heavy atom. The molecule has 2 heterocycles. The van der Waals surface area contributed by atoms with Gasteiger partial charge in [-0.1, -0.05) is 60.7 Å². The van der Waals surface area contributed by atoms with E-state index < -0.39 is 12.4 Å². The molecule has 5 heteroatoms. The Kier molecular flexibility index (Phi) is 5.02. The Hall–Kier alpha value is -2.21. The fourth-order valence-electron chi connectivity index (χ4n) is 3.77. The molecule has 0 spiro atoms. The number of benzene rings is 2. The number of carbonyl (C=O) groups is 1. The molecule has 0 aliphatic carbocycles. The van der Waals surface area contributed by atoms with Gasteiger partial charge in [-0.15, -0.1) is 0 Å². The molecule has 2 fully saturated rings. The molecule has 5 nitrogen and oxygen atoms in total. The molecule has 0 N–H and O–H groups in total. The van der Waals surface area contributed by atoms with Crippen LogP contribution in [0.1, 0.15) is 11.1 Å². The van der Waals surface area contributed by atoms with Crippen LogP contribution in [0.25, 0.3) is 0 Å². The second-order valence-electron chi connectivity index (χ2n) is 6.79. The van der Waals surface area contributed by atoms with Gasteiger partial charge in [-0.05, 0) is 17.5 Å². The van der Waals surface area contributed by atoms with Crippen molar-refractivity contribution in [2.45, 2.75) is 37.5 Å². The zero-order chi connectivity index (χ0) is 17.9. The minimum atomic E-state index is -0.649. The number of morpholine rings is 1. The number of methoxy groups -OCH3 is 1. The summed E-state index contributed by atoms with van der Waals surface area (Å²) in [6.45, 7) is 1.44. The number of rotatable bonds is 5. The number of carbonyl (C=O) groups excluding carboxylic acids is 1. The zero-order valence-electron chi connectivity index (χ0n) is 14.8. The molecule has 136 valence electrons. The van der Waals surface area contributed by atoms with E-state index in [2.05, 4.69) is 29.2 Å². The number of nitrogens with zero attached hydrogens (tertiary/aromatic N) is 1. The van der Waals surface area contributed by atoms with E-state index in [0.717, 1.165) is 13.0 Å². The number of esters is 1. The Balaban J connectivity index is 1.57. The summed E-state index contributed by atoms with van der Waals surface area (Å²) in [5, 5.41) is 0. The Bertz CT molecular complexity index is 736. The fourth-order valence-corrected chi connectivity index (χ4v) is 3.77. The Morgan fingerprint density at radius 1 is 1.04 bits per heavy atom. The van der Waals surface area contributed by atoms with Crippen LogP contribution in [0.2, 0.25) is 0 Å². The molecule has 0 unspecified atom stereocenters. The van der Waals surface area contributed by atoms with Gasteiger partial charge in [0.1, 0.15) is 6.10 Å². The molecule has 26 heavy (non-hydrogen) atoms. The molecule has 2 aromatic carbocycles. The highest BCUT2D eigenvalue weighted by atomic mass is 16.7. The number of hydrogen-bond acceptors (Lipinski definition) is 5. The monoisotopic (exact) mass is 353 g/mol. The van der Waals surface area contributed by atoms with E-state index in [0.29, 0.717) is 6.54 Å². The summed E-state index contributed by atoms with van der Waals surface area (Å²) in [5.41, 5.74) is 2.46. The first kappa shape index (κ1) is 17.2. The van der Waals surface area contributed by atoms with Crippen molar-refractivity contribution in [1.82, 2.24) is 4.90 Å². The lowest BCUT2D eigenvalue weighted by molar-refractivity contribution is -0.161. The third-order valence-electron chi connectivity index (χ3n) is 5.07. The predicted octanol–water partition coefficient (Wildman–Crippen LogP) is 2.40. The summed E-state index contributed by atoms with van der Waals surface area (Å²) in [7, 11) is 1.39. The third kappa shape index (κ3) is 3.51. The van der Waals surface area contributed by atoms with Gasteiger partial charge in [0.25, 0.3) is 0 Å². The summed E-state index contributed by atoms with van der Waals surface area (Å²) < 4.78 is 16.9. The van der Waals surface area contributed by atoms with Gasteiger partial charge in [-0.2, -0.15) is 0 Å². The largest absolute Gasteiger partial charge is 0.467 e. The highest BCUT2D eigenvalue weighted by Gasteiger charge is 2.51. The molecule has 0 saturated carbocycles. The molecule has 2 aliphatic rings. The van der Waals surface area contributed by atoms with Gasteiger partial charge in [0, 0.05) is 13.1 Å². The minimum absolute atomic E-state index is 0.0449. The molecule has 0 aromatic heterocycles. The first-order valence-corrected chi connectivity index (χ1v) is 8.95. The van der Waals surface area contributed by atoms with Crippen molar-refractivity contribution >= 4 is 5.97 Å². The van der Waals surface area contributed by atoms with Crippen LogP contribution in [0.4, 0.5) is 0 Å². The maximum atomic E-state index is 12.0. The Morgan fingerprint density at radius 3 is 2.35 bits per heavy atom. The average Bonchev–Trinajstić information content (AvgIpc) is 3.04. The average molecular weight is 353 g/mol. The predicted molar refractivity (Wildman–Crippen MR) is 96.3 cm³/mol. The SMILES string of the molecule is COC(=O)[C@@H]1O[C@@H]2O[C@H]1CN(Cc1ccccc1)[C@@H]2Cc1ccccc1. The van der Waals surface area contributed by atoms with E-state index >= 15 is 0 Å². The fraction of sp³-hybridized carbons (Fsp3) is 0.381. The van der Waals surface area contributed by atoms with Crippen LogP contribution in [-0.4, -0.2) is 49.1 Å². The van der Waals surface area contributed by atoms with Crippen molar-refractivity contribution < 1.29 is 19.0 Å². The number of ether oxygens (including phenoxy) is 3. The van der Waals surface area contributed by atoms with Gasteiger partial charge in [0.05, 0.1) is 13.2 Å². The van der Waals surface area contributed by atoms with Gasteiger partial charge >= 0.3 is 5.97 Å². The highest BCUT2D eigenvalue weighted by Crippen LogP contribution is 2.33. The van der Waals surface area contributed by atoms with Crippen LogP contribution >= 0.6 is 0 Å². The van der Waals surface area contributed by atoms with Gasteiger partial charge in [-0.25, -0.2) is 4.79 Å². The number of hydrogen-bond donors (Lipinski definition) is 0. The summed E-state index contributed by atoms with van der Waals surface area (Å²) in [6.07, 6.45) is -0.562. The van der Waals surface area contributed by atoms with Gasteiger partial charge < -0.3 is 14.2 Å². The van der Waals surface area contributed by atoms with E-state index in [1.807, 2.05) is 36.4 Å². The van der Waals surface area contributed by atoms with Crippen LogP contribution in [0.15, 0.2) is 60.7 Å². The standard InChI is InChI=1S/C21H23NO4/c1-24-20(23)19-18-14-22(13-16-10-6-3-7-11-16)17(21(25-18)26-19)12-15-8-4-2-5-9-15/h2-11,17-19,21H,12-14H2,1H3/t17-,18+,19-,21+/m1/s1. The van der Waals surface area contributed by atoms with Crippen molar-refractivity contribution in [1.29, 1.82) is 0 Å². The maximum Gasteiger partial charge on any atom is 0.337 e. The summed E-state index contributed by atoms with van der Waals surface area (Å²) in [5.74, 6) is -0.363. The molecule has 2 saturated heterocycles. The highest BCUT2D eigenvalue weighted by molar-refractivity contribution is 5.75. The van der Waals surface area contributed by atoms with Crippen molar-refractivity contribution in [3.05, 3.63) is 71.8 Å². The molecule has 2 bridgehead atoms. The number of fused-ring (bicyclic) bond motifs is 2. The zero-order valence-corrected chi connectivity index (χ0v) is 14.8. The second kappa shape index (κ2) is 7.58. The quantitative estimate of drug-likeness (QED) is 0.773. The molecule has 0 amide bonds.